The molecule has 4 heterocycles. The maximum Gasteiger partial charge on any atom is 0.273 e. The molecule has 2 aliphatic rings. The van der Waals surface area contributed by atoms with E-state index in [0.717, 1.165) is 18.2 Å². The number of amides is 1. The van der Waals surface area contributed by atoms with E-state index in [2.05, 4.69) is 36.8 Å². The largest absolute Gasteiger partial charge is 0.392 e. The van der Waals surface area contributed by atoms with Crippen molar-refractivity contribution in [1.82, 2.24) is 29.5 Å². The molecule has 1 aromatic carbocycles. The van der Waals surface area contributed by atoms with Crippen molar-refractivity contribution >= 4 is 17.2 Å². The van der Waals surface area contributed by atoms with Crippen molar-refractivity contribution in [3.8, 4) is 0 Å². The molecule has 0 bridgehead atoms. The lowest BCUT2D eigenvalue weighted by atomic mass is 10.1. The van der Waals surface area contributed by atoms with Crippen molar-refractivity contribution in [1.29, 1.82) is 0 Å². The second kappa shape index (κ2) is 7.66. The van der Waals surface area contributed by atoms with E-state index in [0.29, 0.717) is 38.3 Å². The first-order valence-electron chi connectivity index (χ1n) is 9.74. The molecular formula is C20H22N6O2S. The van der Waals surface area contributed by atoms with Crippen molar-refractivity contribution in [3.63, 3.8) is 0 Å². The number of carbonyl (C=O) groups is 1. The average Bonchev–Trinajstić information content (AvgIpc) is 3.47. The summed E-state index contributed by atoms with van der Waals surface area (Å²) in [5.41, 5.74) is 3.37. The van der Waals surface area contributed by atoms with E-state index in [9.17, 15) is 9.90 Å². The molecule has 2 aromatic heterocycles. The molecule has 3 aromatic rings. The predicted molar refractivity (Wildman–Crippen MR) is 107 cm³/mol. The number of aliphatic hydroxyl groups is 1. The molecule has 2 atom stereocenters. The highest BCUT2D eigenvalue weighted by molar-refractivity contribution is 7.07. The zero-order chi connectivity index (χ0) is 19.8. The summed E-state index contributed by atoms with van der Waals surface area (Å²) >= 11 is 1.42. The number of fused-ring (bicyclic) bond motifs is 1. The number of hydrogen-bond donors (Lipinski definition) is 1. The first kappa shape index (κ1) is 18.4. The van der Waals surface area contributed by atoms with Gasteiger partial charge in [0.25, 0.3) is 5.91 Å². The number of aliphatic hydroxyl groups excluding tert-OH is 1. The van der Waals surface area contributed by atoms with Gasteiger partial charge in [0.1, 0.15) is 5.69 Å². The minimum atomic E-state index is -0.372. The number of nitrogens with zero attached hydrogens (tertiary/aromatic N) is 6. The van der Waals surface area contributed by atoms with E-state index >= 15 is 0 Å². The fourth-order valence-electron chi connectivity index (χ4n) is 4.22. The summed E-state index contributed by atoms with van der Waals surface area (Å²) in [6.07, 6.45) is 0.273. The van der Waals surface area contributed by atoms with E-state index in [1.54, 1.807) is 15.8 Å². The Morgan fingerprint density at radius 3 is 2.86 bits per heavy atom. The summed E-state index contributed by atoms with van der Waals surface area (Å²) in [6.45, 7) is 3.06. The zero-order valence-electron chi connectivity index (χ0n) is 15.9. The Bertz CT molecular complexity index is 990. The van der Waals surface area contributed by atoms with Crippen LogP contribution in [0.4, 0.5) is 0 Å². The van der Waals surface area contributed by atoms with Crippen LogP contribution in [-0.4, -0.2) is 59.8 Å². The third-order valence-electron chi connectivity index (χ3n) is 5.63. The molecular weight excluding hydrogens is 388 g/mol. The highest BCUT2D eigenvalue weighted by Crippen LogP contribution is 2.33. The highest BCUT2D eigenvalue weighted by atomic mass is 32.1. The highest BCUT2D eigenvalue weighted by Gasteiger charge is 2.37. The Morgan fingerprint density at radius 1 is 1.21 bits per heavy atom. The smallest absolute Gasteiger partial charge is 0.273 e. The molecule has 1 amide bonds. The van der Waals surface area contributed by atoms with Crippen LogP contribution in [0.25, 0.3) is 0 Å². The van der Waals surface area contributed by atoms with Crippen LogP contribution in [0.1, 0.15) is 40.2 Å². The maximum absolute atomic E-state index is 12.6. The molecule has 0 spiro atoms. The Balaban J connectivity index is 1.35. The van der Waals surface area contributed by atoms with Gasteiger partial charge >= 0.3 is 0 Å². The maximum atomic E-state index is 12.6. The minimum absolute atomic E-state index is 0.0206. The van der Waals surface area contributed by atoms with Gasteiger partial charge in [-0.2, -0.15) is 0 Å². The molecule has 5 rings (SSSR count). The van der Waals surface area contributed by atoms with Crippen LogP contribution >= 0.6 is 11.3 Å². The summed E-state index contributed by atoms with van der Waals surface area (Å²) in [7, 11) is 0. The van der Waals surface area contributed by atoms with E-state index in [4.69, 9.17) is 0 Å². The van der Waals surface area contributed by atoms with Crippen LogP contribution in [0.3, 0.4) is 0 Å². The second-order valence-corrected chi connectivity index (χ2v) is 8.27. The van der Waals surface area contributed by atoms with Crippen LogP contribution < -0.4 is 0 Å². The van der Waals surface area contributed by atoms with Gasteiger partial charge in [0.2, 0.25) is 0 Å². The first-order valence-corrected chi connectivity index (χ1v) is 10.7. The van der Waals surface area contributed by atoms with Crippen LogP contribution in [0.5, 0.6) is 0 Å². The van der Waals surface area contributed by atoms with Gasteiger partial charge in [-0.05, 0) is 12.0 Å². The number of thiazole rings is 1. The molecule has 1 saturated heterocycles. The Kier molecular flexibility index (Phi) is 4.86. The van der Waals surface area contributed by atoms with Crippen LogP contribution in [0.2, 0.25) is 0 Å². The number of rotatable bonds is 4. The second-order valence-electron chi connectivity index (χ2n) is 7.55. The summed E-state index contributed by atoms with van der Waals surface area (Å²) in [4.78, 5) is 20.8. The standard InChI is InChI=1S/C20H22N6O2S/c27-15-8-17(25(10-15)9-14-4-2-1-3-5-14)19-23-22-18-11-24(6-7-26(18)19)20(28)16-12-29-13-21-16/h1-5,12-13,15,17,27H,6-11H2/t15-,17-/m0/s1. The van der Waals surface area contributed by atoms with Crippen molar-refractivity contribution in [2.75, 3.05) is 13.1 Å². The van der Waals surface area contributed by atoms with Crippen LogP contribution in [0, 0.1) is 0 Å². The minimum Gasteiger partial charge on any atom is -0.392 e. The molecule has 29 heavy (non-hydrogen) atoms. The molecule has 2 aliphatic heterocycles. The van der Waals surface area contributed by atoms with E-state index in [1.807, 2.05) is 18.2 Å². The molecule has 0 saturated carbocycles. The predicted octanol–water partition coefficient (Wildman–Crippen LogP) is 1.70. The molecule has 0 aliphatic carbocycles. The number of hydrogen-bond acceptors (Lipinski definition) is 7. The number of β-amino-alcohol motifs (C(OH)–C–C–N with tert-alkyl or cyclic N) is 1. The van der Waals surface area contributed by atoms with Crippen molar-refractivity contribution in [2.45, 2.75) is 38.2 Å². The number of carbonyl (C=O) groups excluding carboxylic acids is 1. The number of likely N-dealkylation sites (tertiary alicyclic amines) is 1. The lowest BCUT2D eigenvalue weighted by Gasteiger charge is -2.29. The molecule has 8 nitrogen and oxygen atoms in total. The quantitative estimate of drug-likeness (QED) is 0.704. The third kappa shape index (κ3) is 3.57. The third-order valence-corrected chi connectivity index (χ3v) is 6.21. The topological polar surface area (TPSA) is 87.4 Å². The molecule has 1 fully saturated rings. The van der Waals surface area contributed by atoms with Gasteiger partial charge in [-0.25, -0.2) is 4.98 Å². The molecule has 1 N–H and O–H groups in total. The van der Waals surface area contributed by atoms with Crippen molar-refractivity contribution in [3.05, 3.63) is 64.1 Å². The number of aromatic nitrogens is 4. The van der Waals surface area contributed by atoms with Gasteiger partial charge in [0.15, 0.2) is 11.6 Å². The summed E-state index contributed by atoms with van der Waals surface area (Å²) in [6, 6.07) is 10.3. The average molecular weight is 411 g/mol. The first-order chi connectivity index (χ1) is 14.2. The molecule has 0 unspecified atom stereocenters. The Hall–Kier alpha value is -2.62. The fraction of sp³-hybridized carbons (Fsp3) is 0.400. The fourth-order valence-corrected chi connectivity index (χ4v) is 4.75. The van der Waals surface area contributed by atoms with Crippen LogP contribution in [0.15, 0.2) is 41.2 Å². The van der Waals surface area contributed by atoms with Crippen LogP contribution in [-0.2, 0) is 19.6 Å². The summed E-state index contributed by atoms with van der Waals surface area (Å²) in [5, 5.41) is 20.9. The molecule has 9 heteroatoms. The lowest BCUT2D eigenvalue weighted by molar-refractivity contribution is 0.0699. The van der Waals surface area contributed by atoms with E-state index in [1.165, 1.54) is 16.9 Å². The van der Waals surface area contributed by atoms with Gasteiger partial charge in [-0.15, -0.1) is 21.5 Å². The van der Waals surface area contributed by atoms with E-state index < -0.39 is 0 Å². The normalized spacial score (nSPS) is 22.0. The van der Waals surface area contributed by atoms with Gasteiger partial charge < -0.3 is 14.6 Å². The van der Waals surface area contributed by atoms with Crippen molar-refractivity contribution in [2.24, 2.45) is 0 Å². The number of benzene rings is 1. The molecule has 0 radical (unpaired) electrons. The van der Waals surface area contributed by atoms with Gasteiger partial charge in [0, 0.05) is 31.6 Å². The van der Waals surface area contributed by atoms with Gasteiger partial charge in [-0.1, -0.05) is 30.3 Å². The van der Waals surface area contributed by atoms with Gasteiger partial charge in [-0.3, -0.25) is 9.69 Å². The Labute approximate surface area is 172 Å². The lowest BCUT2D eigenvalue weighted by Crippen LogP contribution is -2.39. The molecule has 150 valence electrons. The summed E-state index contributed by atoms with van der Waals surface area (Å²) < 4.78 is 2.12. The monoisotopic (exact) mass is 410 g/mol. The SMILES string of the molecule is O=C(c1cscn1)N1CCn2c(nnc2[C@@H]2C[C@H](O)CN2Cc2ccccc2)C1. The zero-order valence-corrected chi connectivity index (χ0v) is 16.7. The van der Waals surface area contributed by atoms with Crippen molar-refractivity contribution < 1.29 is 9.90 Å². The van der Waals surface area contributed by atoms with Gasteiger partial charge in [0.05, 0.1) is 24.2 Å². The summed E-state index contributed by atoms with van der Waals surface area (Å²) in [5.74, 6) is 1.60. The Morgan fingerprint density at radius 2 is 2.07 bits per heavy atom. The van der Waals surface area contributed by atoms with E-state index in [-0.39, 0.29) is 18.1 Å².